The molecule has 7 nitrogen and oxygen atoms in total. The Kier molecular flexibility index (Phi) is 10.6. The molecule has 228 valence electrons. The summed E-state index contributed by atoms with van der Waals surface area (Å²) in [6.07, 6.45) is 6.09. The van der Waals surface area contributed by atoms with Gasteiger partial charge in [0.25, 0.3) is 0 Å². The van der Waals surface area contributed by atoms with Crippen LogP contribution in [-0.2, 0) is 13.2 Å². The summed E-state index contributed by atoms with van der Waals surface area (Å²) < 4.78 is 19.1. The number of carbonyl (C=O) groups is 1. The van der Waals surface area contributed by atoms with Crippen molar-refractivity contribution in [1.82, 2.24) is 14.5 Å². The van der Waals surface area contributed by atoms with Crippen molar-refractivity contribution in [3.8, 4) is 17.2 Å². The highest BCUT2D eigenvalue weighted by molar-refractivity contribution is 6.30. The number of hydrogen-bond donors (Lipinski definition) is 0. The molecule has 1 aliphatic rings. The number of imidazole rings is 1. The van der Waals surface area contributed by atoms with E-state index in [2.05, 4.69) is 34.6 Å². The van der Waals surface area contributed by atoms with Crippen LogP contribution in [0, 0.1) is 12.8 Å². The summed E-state index contributed by atoms with van der Waals surface area (Å²) in [7, 11) is 3.20. The third kappa shape index (κ3) is 7.89. The van der Waals surface area contributed by atoms with Gasteiger partial charge in [0.05, 0.1) is 30.8 Å². The maximum atomic E-state index is 12.8. The van der Waals surface area contributed by atoms with Crippen molar-refractivity contribution in [2.45, 2.75) is 58.6 Å². The van der Waals surface area contributed by atoms with Crippen molar-refractivity contribution in [3.63, 3.8) is 0 Å². The molecule has 0 N–H and O–H groups in total. The van der Waals surface area contributed by atoms with Gasteiger partial charge in [-0.05, 0) is 113 Å². The number of para-hydroxylation sites is 1. The van der Waals surface area contributed by atoms with E-state index in [0.717, 1.165) is 62.0 Å². The molecule has 0 saturated carbocycles. The second-order valence-corrected chi connectivity index (χ2v) is 11.8. The summed E-state index contributed by atoms with van der Waals surface area (Å²) in [5.41, 5.74) is 4.03. The SMILES string of the molecule is COc1ccc(C(=O)CCCN2CCC(CCCn3c(COc4ccc(Cl)cc4)nc4c(C)cccc43)CC2)c(OC)c1. The van der Waals surface area contributed by atoms with Crippen LogP contribution in [0.25, 0.3) is 11.0 Å². The Morgan fingerprint density at radius 1 is 0.953 bits per heavy atom. The summed E-state index contributed by atoms with van der Waals surface area (Å²) in [6, 6.07) is 19.2. The van der Waals surface area contributed by atoms with Gasteiger partial charge >= 0.3 is 0 Å². The Morgan fingerprint density at radius 3 is 2.47 bits per heavy atom. The molecule has 0 aliphatic carbocycles. The molecule has 1 aromatic heterocycles. The molecule has 0 radical (unpaired) electrons. The fourth-order valence-electron chi connectivity index (χ4n) is 6.04. The van der Waals surface area contributed by atoms with Crippen LogP contribution < -0.4 is 14.2 Å². The number of nitrogens with zero attached hydrogens (tertiary/aromatic N) is 3. The number of aromatic nitrogens is 2. The van der Waals surface area contributed by atoms with Crippen LogP contribution in [0.2, 0.25) is 5.02 Å². The molecule has 1 fully saturated rings. The summed E-state index contributed by atoms with van der Waals surface area (Å²) in [4.78, 5) is 20.3. The number of piperidine rings is 1. The Hall–Kier alpha value is -3.55. The number of ketones is 1. The van der Waals surface area contributed by atoms with Gasteiger partial charge in [-0.3, -0.25) is 4.79 Å². The van der Waals surface area contributed by atoms with E-state index in [1.54, 1.807) is 26.4 Å². The normalized spacial score (nSPS) is 14.2. The second kappa shape index (κ2) is 14.8. The van der Waals surface area contributed by atoms with E-state index in [1.807, 2.05) is 30.3 Å². The van der Waals surface area contributed by atoms with Crippen LogP contribution in [0.1, 0.15) is 60.3 Å². The first kappa shape index (κ1) is 30.9. The highest BCUT2D eigenvalue weighted by atomic mass is 35.5. The molecule has 4 aromatic rings. The molecule has 5 rings (SSSR count). The number of fused-ring (bicyclic) bond motifs is 1. The first-order chi connectivity index (χ1) is 20.9. The van der Waals surface area contributed by atoms with Crippen LogP contribution in [0.3, 0.4) is 0 Å². The van der Waals surface area contributed by atoms with E-state index in [4.69, 9.17) is 30.8 Å². The van der Waals surface area contributed by atoms with Gasteiger partial charge in [0.1, 0.15) is 29.7 Å². The van der Waals surface area contributed by atoms with E-state index in [0.29, 0.717) is 35.1 Å². The van der Waals surface area contributed by atoms with Crippen molar-refractivity contribution in [2.24, 2.45) is 5.92 Å². The van der Waals surface area contributed by atoms with Gasteiger partial charge in [-0.15, -0.1) is 0 Å². The average molecular weight is 604 g/mol. The van der Waals surface area contributed by atoms with E-state index in [-0.39, 0.29) is 5.78 Å². The number of benzene rings is 3. The van der Waals surface area contributed by atoms with Crippen molar-refractivity contribution in [1.29, 1.82) is 0 Å². The number of ether oxygens (including phenoxy) is 3. The zero-order valence-electron chi connectivity index (χ0n) is 25.5. The zero-order valence-corrected chi connectivity index (χ0v) is 26.2. The number of aryl methyl sites for hydroxylation is 2. The fraction of sp³-hybridized carbons (Fsp3) is 0.429. The number of hydrogen-bond acceptors (Lipinski definition) is 6. The smallest absolute Gasteiger partial charge is 0.166 e. The third-order valence-electron chi connectivity index (χ3n) is 8.53. The monoisotopic (exact) mass is 603 g/mol. The van der Waals surface area contributed by atoms with Crippen molar-refractivity contribution in [2.75, 3.05) is 33.9 Å². The third-order valence-corrected chi connectivity index (χ3v) is 8.78. The molecule has 1 saturated heterocycles. The van der Waals surface area contributed by atoms with E-state index in [1.165, 1.54) is 30.3 Å². The molecule has 0 bridgehead atoms. The first-order valence-corrected chi connectivity index (χ1v) is 15.6. The largest absolute Gasteiger partial charge is 0.497 e. The van der Waals surface area contributed by atoms with Gasteiger partial charge in [0.2, 0.25) is 0 Å². The van der Waals surface area contributed by atoms with Gasteiger partial charge < -0.3 is 23.7 Å². The Morgan fingerprint density at radius 2 is 1.72 bits per heavy atom. The molecule has 8 heteroatoms. The molecule has 3 aromatic carbocycles. The minimum atomic E-state index is 0.120. The van der Waals surface area contributed by atoms with E-state index >= 15 is 0 Å². The predicted octanol–water partition coefficient (Wildman–Crippen LogP) is 7.75. The topological polar surface area (TPSA) is 65.8 Å². The van der Waals surface area contributed by atoms with Gasteiger partial charge in [-0.25, -0.2) is 4.98 Å². The van der Waals surface area contributed by atoms with Crippen LogP contribution in [0.5, 0.6) is 17.2 Å². The maximum Gasteiger partial charge on any atom is 0.166 e. The summed E-state index contributed by atoms with van der Waals surface area (Å²) in [5, 5.41) is 0.696. The lowest BCUT2D eigenvalue weighted by molar-refractivity contribution is 0.0966. The van der Waals surface area contributed by atoms with Gasteiger partial charge in [-0.1, -0.05) is 23.7 Å². The van der Waals surface area contributed by atoms with E-state index < -0.39 is 0 Å². The van der Waals surface area contributed by atoms with Gasteiger partial charge in [0.15, 0.2) is 5.78 Å². The number of rotatable bonds is 14. The number of methoxy groups -OCH3 is 2. The second-order valence-electron chi connectivity index (χ2n) is 11.4. The molecule has 1 aliphatic heterocycles. The number of likely N-dealkylation sites (tertiary alicyclic amines) is 1. The molecule has 2 heterocycles. The van der Waals surface area contributed by atoms with Gasteiger partial charge in [-0.2, -0.15) is 0 Å². The van der Waals surface area contributed by atoms with Gasteiger partial charge in [0, 0.05) is 24.1 Å². The molecule has 0 spiro atoms. The highest BCUT2D eigenvalue weighted by Gasteiger charge is 2.20. The predicted molar refractivity (Wildman–Crippen MR) is 172 cm³/mol. The molecule has 0 amide bonds. The van der Waals surface area contributed by atoms with Crippen molar-refractivity contribution in [3.05, 3.63) is 82.6 Å². The summed E-state index contributed by atoms with van der Waals surface area (Å²) >= 11 is 6.03. The Bertz CT molecular complexity index is 1510. The quantitative estimate of drug-likeness (QED) is 0.137. The summed E-state index contributed by atoms with van der Waals surface area (Å²) in [5.74, 6) is 3.85. The van der Waals surface area contributed by atoms with Crippen molar-refractivity contribution >= 4 is 28.4 Å². The average Bonchev–Trinajstić information content (AvgIpc) is 3.39. The fourth-order valence-corrected chi connectivity index (χ4v) is 6.16. The lowest BCUT2D eigenvalue weighted by Gasteiger charge is -2.32. The number of halogens is 1. The van der Waals surface area contributed by atoms with Crippen LogP contribution in [0.4, 0.5) is 0 Å². The number of Topliss-reactive ketones (excluding diaryl/α,β-unsaturated/α-hetero) is 1. The number of carbonyl (C=O) groups excluding carboxylic acids is 1. The molecule has 0 atom stereocenters. The zero-order chi connectivity index (χ0) is 30.2. The molecule has 0 unspecified atom stereocenters. The highest BCUT2D eigenvalue weighted by Crippen LogP contribution is 2.28. The van der Waals surface area contributed by atoms with E-state index in [9.17, 15) is 4.79 Å². The standard InChI is InChI=1S/C35H42ClN3O4/c1-25-7-4-9-31-35(25)37-34(24-43-28-13-11-27(36)12-14-28)39(31)20-5-8-26-17-21-38(22-18-26)19-6-10-32(40)30-16-15-29(41-2)23-33(30)42-3/h4,7,9,11-16,23,26H,5-6,8,10,17-22,24H2,1-3H3. The Balaban J connectivity index is 1.08. The minimum Gasteiger partial charge on any atom is -0.497 e. The first-order valence-electron chi connectivity index (χ1n) is 15.3. The Labute approximate surface area is 259 Å². The van der Waals surface area contributed by atoms with Crippen LogP contribution in [0.15, 0.2) is 60.7 Å². The molecule has 43 heavy (non-hydrogen) atoms. The lowest BCUT2D eigenvalue weighted by atomic mass is 9.92. The molecular weight excluding hydrogens is 562 g/mol. The molecular formula is C35H42ClN3O4. The minimum absolute atomic E-state index is 0.120. The van der Waals surface area contributed by atoms with Crippen molar-refractivity contribution < 1.29 is 19.0 Å². The van der Waals surface area contributed by atoms with Crippen LogP contribution >= 0.6 is 11.6 Å². The maximum absolute atomic E-state index is 12.8. The summed E-state index contributed by atoms with van der Waals surface area (Å²) in [6.45, 7) is 6.60. The lowest BCUT2D eigenvalue weighted by Crippen LogP contribution is -2.34. The van der Waals surface area contributed by atoms with Crippen LogP contribution in [-0.4, -0.2) is 54.1 Å².